The summed E-state index contributed by atoms with van der Waals surface area (Å²) >= 11 is 0. The Bertz CT molecular complexity index is 633. The lowest BCUT2D eigenvalue weighted by Gasteiger charge is -2.26. The van der Waals surface area contributed by atoms with Crippen LogP contribution in [0.3, 0.4) is 0 Å². The van der Waals surface area contributed by atoms with E-state index in [4.69, 9.17) is 0 Å². The van der Waals surface area contributed by atoms with Gasteiger partial charge in [0.15, 0.2) is 0 Å². The van der Waals surface area contributed by atoms with Crippen LogP contribution in [0.2, 0.25) is 0 Å². The number of likely N-dealkylation sites (N-methyl/N-ethyl adjacent to an activating group) is 1. The predicted octanol–water partition coefficient (Wildman–Crippen LogP) is 2.58. The molecule has 0 saturated carbocycles. The zero-order chi connectivity index (χ0) is 19.4. The third kappa shape index (κ3) is 5.53. The normalized spacial score (nSPS) is 24.1. The minimum Gasteiger partial charge on any atom is -0.340 e. The highest BCUT2D eigenvalue weighted by Crippen LogP contribution is 2.25. The van der Waals surface area contributed by atoms with Gasteiger partial charge < -0.3 is 10.2 Å². The monoisotopic (exact) mass is 372 g/mol. The van der Waals surface area contributed by atoms with Crippen LogP contribution < -0.4 is 16.2 Å². The zero-order valence-electron chi connectivity index (χ0n) is 17.3. The number of amides is 1. The summed E-state index contributed by atoms with van der Waals surface area (Å²) in [6, 6.07) is 8.96. The molecule has 0 radical (unpaired) electrons. The summed E-state index contributed by atoms with van der Waals surface area (Å²) in [5, 5.41) is 3.42. The van der Waals surface area contributed by atoms with Gasteiger partial charge in [-0.05, 0) is 67.8 Å². The molecule has 0 aliphatic carbocycles. The maximum atomic E-state index is 12.9. The SMILES string of the molecule is CN(CC1CC(C(C)(C)C)NN1)C(=O)c1cccc(CC2CCNCC2)c1. The third-order valence-corrected chi connectivity index (χ3v) is 6.03. The van der Waals surface area contributed by atoms with Crippen LogP contribution in [0.25, 0.3) is 0 Å². The van der Waals surface area contributed by atoms with Crippen molar-refractivity contribution in [1.82, 2.24) is 21.1 Å². The van der Waals surface area contributed by atoms with Crippen molar-refractivity contribution in [2.24, 2.45) is 11.3 Å². The smallest absolute Gasteiger partial charge is 0.253 e. The highest BCUT2D eigenvalue weighted by Gasteiger charge is 2.33. The Kier molecular flexibility index (Phi) is 6.56. The molecule has 0 spiro atoms. The number of benzene rings is 1. The highest BCUT2D eigenvalue weighted by atomic mass is 16.2. The quantitative estimate of drug-likeness (QED) is 0.744. The lowest BCUT2D eigenvalue weighted by molar-refractivity contribution is 0.0782. The fourth-order valence-electron chi connectivity index (χ4n) is 4.20. The van der Waals surface area contributed by atoms with Crippen molar-refractivity contribution < 1.29 is 4.79 Å². The molecule has 1 aromatic rings. The van der Waals surface area contributed by atoms with Crippen LogP contribution in [0.4, 0.5) is 0 Å². The first-order valence-corrected chi connectivity index (χ1v) is 10.4. The fourth-order valence-corrected chi connectivity index (χ4v) is 4.20. The molecular weight excluding hydrogens is 336 g/mol. The molecule has 150 valence electrons. The van der Waals surface area contributed by atoms with Gasteiger partial charge in [0, 0.05) is 31.2 Å². The van der Waals surface area contributed by atoms with Crippen molar-refractivity contribution in [3.8, 4) is 0 Å². The van der Waals surface area contributed by atoms with E-state index in [-0.39, 0.29) is 11.3 Å². The van der Waals surface area contributed by atoms with Crippen molar-refractivity contribution in [3.05, 3.63) is 35.4 Å². The van der Waals surface area contributed by atoms with E-state index in [1.54, 1.807) is 0 Å². The standard InChI is InChI=1S/C22H36N4O/c1-22(2,3)20-14-19(24-25-20)15-26(4)21(27)18-7-5-6-17(13-18)12-16-8-10-23-11-9-16/h5-7,13,16,19-20,23-25H,8-12,14-15H2,1-4H3. The minimum absolute atomic E-state index is 0.114. The van der Waals surface area contributed by atoms with Crippen LogP contribution in [0.5, 0.6) is 0 Å². The van der Waals surface area contributed by atoms with Crippen LogP contribution in [-0.2, 0) is 6.42 Å². The Balaban J connectivity index is 1.56. The predicted molar refractivity (Wildman–Crippen MR) is 111 cm³/mol. The van der Waals surface area contributed by atoms with Gasteiger partial charge in [-0.3, -0.25) is 15.6 Å². The van der Waals surface area contributed by atoms with E-state index in [1.165, 1.54) is 18.4 Å². The Labute approximate surface area is 164 Å². The van der Waals surface area contributed by atoms with Gasteiger partial charge in [0.05, 0.1) is 0 Å². The first-order chi connectivity index (χ1) is 12.8. The second-order valence-electron chi connectivity index (χ2n) is 9.42. The molecular formula is C22H36N4O. The first kappa shape index (κ1) is 20.3. The van der Waals surface area contributed by atoms with Crippen LogP contribution in [-0.4, -0.2) is 49.6 Å². The van der Waals surface area contributed by atoms with Crippen molar-refractivity contribution in [2.45, 2.75) is 58.5 Å². The topological polar surface area (TPSA) is 56.4 Å². The van der Waals surface area contributed by atoms with Gasteiger partial charge in [0.2, 0.25) is 0 Å². The van der Waals surface area contributed by atoms with E-state index in [0.717, 1.165) is 44.0 Å². The van der Waals surface area contributed by atoms with Gasteiger partial charge in [0.1, 0.15) is 0 Å². The lowest BCUT2D eigenvalue weighted by Crippen LogP contribution is -2.42. The fraction of sp³-hybridized carbons (Fsp3) is 0.682. The summed E-state index contributed by atoms with van der Waals surface area (Å²) < 4.78 is 0. The van der Waals surface area contributed by atoms with Crippen molar-refractivity contribution >= 4 is 5.91 Å². The average Bonchev–Trinajstić information content (AvgIpc) is 3.11. The Morgan fingerprint density at radius 2 is 1.93 bits per heavy atom. The summed E-state index contributed by atoms with van der Waals surface area (Å²) in [7, 11) is 1.91. The van der Waals surface area contributed by atoms with Crippen LogP contribution in [0, 0.1) is 11.3 Å². The molecule has 2 atom stereocenters. The molecule has 2 aliphatic heterocycles. The maximum Gasteiger partial charge on any atom is 0.253 e. The van der Waals surface area contributed by atoms with E-state index < -0.39 is 0 Å². The number of carbonyl (C=O) groups excluding carboxylic acids is 1. The lowest BCUT2D eigenvalue weighted by atomic mass is 9.84. The Morgan fingerprint density at radius 1 is 1.19 bits per heavy atom. The number of nitrogens with zero attached hydrogens (tertiary/aromatic N) is 1. The molecule has 2 fully saturated rings. The molecule has 2 unspecified atom stereocenters. The summed E-state index contributed by atoms with van der Waals surface area (Å²) in [4.78, 5) is 14.8. The Morgan fingerprint density at radius 3 is 2.59 bits per heavy atom. The highest BCUT2D eigenvalue weighted by molar-refractivity contribution is 5.94. The van der Waals surface area contributed by atoms with Crippen LogP contribution in [0.1, 0.15) is 56.0 Å². The molecule has 0 bridgehead atoms. The van der Waals surface area contributed by atoms with Crippen LogP contribution in [0.15, 0.2) is 24.3 Å². The van der Waals surface area contributed by atoms with Gasteiger partial charge in [-0.15, -0.1) is 0 Å². The van der Waals surface area contributed by atoms with E-state index in [2.05, 4.69) is 49.1 Å². The second-order valence-corrected chi connectivity index (χ2v) is 9.42. The zero-order valence-corrected chi connectivity index (χ0v) is 17.3. The summed E-state index contributed by atoms with van der Waals surface area (Å²) in [6.45, 7) is 9.69. The largest absolute Gasteiger partial charge is 0.340 e. The molecule has 5 nitrogen and oxygen atoms in total. The van der Waals surface area contributed by atoms with Crippen LogP contribution >= 0.6 is 0 Å². The number of carbonyl (C=O) groups is 1. The second kappa shape index (κ2) is 8.72. The molecule has 1 aromatic carbocycles. The summed E-state index contributed by atoms with van der Waals surface area (Å²) in [5.74, 6) is 0.848. The van der Waals surface area contributed by atoms with Gasteiger partial charge >= 0.3 is 0 Å². The molecule has 2 heterocycles. The van der Waals surface area contributed by atoms with Crippen molar-refractivity contribution in [1.29, 1.82) is 0 Å². The third-order valence-electron chi connectivity index (χ3n) is 6.03. The van der Waals surface area contributed by atoms with E-state index in [1.807, 2.05) is 24.1 Å². The van der Waals surface area contributed by atoms with Gasteiger partial charge in [0.25, 0.3) is 5.91 Å². The van der Waals surface area contributed by atoms with Gasteiger partial charge in [-0.25, -0.2) is 0 Å². The molecule has 1 amide bonds. The number of piperidine rings is 1. The summed E-state index contributed by atoms with van der Waals surface area (Å²) in [5.41, 5.74) is 9.07. The van der Waals surface area contributed by atoms with Crippen molar-refractivity contribution in [2.75, 3.05) is 26.7 Å². The number of hydrazine groups is 1. The summed E-state index contributed by atoms with van der Waals surface area (Å²) in [6.07, 6.45) is 4.57. The average molecular weight is 373 g/mol. The van der Waals surface area contributed by atoms with E-state index in [9.17, 15) is 4.79 Å². The molecule has 3 N–H and O–H groups in total. The molecule has 0 aromatic heterocycles. The molecule has 5 heteroatoms. The molecule has 2 aliphatic rings. The van der Waals surface area contributed by atoms with Crippen molar-refractivity contribution in [3.63, 3.8) is 0 Å². The molecule has 2 saturated heterocycles. The molecule has 3 rings (SSSR count). The molecule has 27 heavy (non-hydrogen) atoms. The van der Waals surface area contributed by atoms with Gasteiger partial charge in [-0.1, -0.05) is 32.9 Å². The maximum absolute atomic E-state index is 12.9. The minimum atomic E-state index is 0.114. The Hall–Kier alpha value is -1.43. The number of hydrogen-bond acceptors (Lipinski definition) is 4. The van der Waals surface area contributed by atoms with E-state index in [0.29, 0.717) is 12.1 Å². The van der Waals surface area contributed by atoms with E-state index >= 15 is 0 Å². The number of nitrogens with one attached hydrogen (secondary N) is 3. The first-order valence-electron chi connectivity index (χ1n) is 10.4. The number of rotatable bonds is 5. The number of hydrogen-bond donors (Lipinski definition) is 3. The van der Waals surface area contributed by atoms with Gasteiger partial charge in [-0.2, -0.15) is 0 Å².